The van der Waals surface area contributed by atoms with Crippen molar-refractivity contribution in [1.29, 1.82) is 0 Å². The van der Waals surface area contributed by atoms with Gasteiger partial charge in [0.2, 0.25) is 0 Å². The van der Waals surface area contributed by atoms with Crippen molar-refractivity contribution in [2.45, 2.75) is 6.04 Å². The van der Waals surface area contributed by atoms with Crippen LogP contribution in [0.3, 0.4) is 0 Å². The van der Waals surface area contributed by atoms with Gasteiger partial charge in [-0.25, -0.2) is 0 Å². The molecule has 2 N–H and O–H groups in total. The molecule has 0 amide bonds. The molecule has 0 aromatic carbocycles. The third-order valence-electron chi connectivity index (χ3n) is 1.97. The summed E-state index contributed by atoms with van der Waals surface area (Å²) >= 11 is 5.27. The van der Waals surface area contributed by atoms with E-state index in [1.54, 1.807) is 11.3 Å². The van der Waals surface area contributed by atoms with E-state index in [1.807, 2.05) is 0 Å². The first-order valence-corrected chi connectivity index (χ1v) is 5.71. The minimum Gasteiger partial charge on any atom is -0.314 e. The fourth-order valence-corrected chi connectivity index (χ4v) is 2.89. The van der Waals surface area contributed by atoms with Gasteiger partial charge < -0.3 is 10.6 Å². The molecule has 1 atom stereocenters. The zero-order chi connectivity index (χ0) is 8.39. The molecule has 74 valence electrons. The Kier molecular flexibility index (Phi) is 4.69. The molecule has 0 unspecified atom stereocenters. The van der Waals surface area contributed by atoms with E-state index >= 15 is 0 Å². The maximum absolute atomic E-state index is 3.48. The Hall–Kier alpha value is 0.390. The van der Waals surface area contributed by atoms with Crippen LogP contribution in [0.25, 0.3) is 0 Å². The predicted octanol–water partition coefficient (Wildman–Crippen LogP) is 2.17. The zero-order valence-electron chi connectivity index (χ0n) is 7.05. The molecule has 0 aliphatic carbocycles. The summed E-state index contributed by atoms with van der Waals surface area (Å²) in [6.07, 6.45) is 0. The van der Waals surface area contributed by atoms with E-state index in [2.05, 4.69) is 38.0 Å². The summed E-state index contributed by atoms with van der Waals surface area (Å²) in [6.45, 7) is 3.20. The predicted molar refractivity (Wildman–Crippen MR) is 62.9 cm³/mol. The van der Waals surface area contributed by atoms with E-state index in [9.17, 15) is 0 Å². The second kappa shape index (κ2) is 5.32. The van der Waals surface area contributed by atoms with Gasteiger partial charge in [0, 0.05) is 34.4 Å². The molecule has 1 fully saturated rings. The van der Waals surface area contributed by atoms with Crippen LogP contribution >= 0.6 is 39.7 Å². The van der Waals surface area contributed by atoms with Crippen molar-refractivity contribution >= 4 is 39.7 Å². The van der Waals surface area contributed by atoms with Gasteiger partial charge in [0.15, 0.2) is 0 Å². The van der Waals surface area contributed by atoms with Crippen LogP contribution in [0.1, 0.15) is 10.9 Å². The molecule has 2 heterocycles. The number of hydrogen-bond acceptors (Lipinski definition) is 3. The maximum atomic E-state index is 3.48. The minimum atomic E-state index is 0. The fraction of sp³-hybridized carbons (Fsp3) is 0.500. The van der Waals surface area contributed by atoms with Crippen LogP contribution in [0.15, 0.2) is 15.9 Å². The first kappa shape index (κ1) is 11.5. The van der Waals surface area contributed by atoms with Crippen molar-refractivity contribution < 1.29 is 0 Å². The highest BCUT2D eigenvalue weighted by Gasteiger charge is 2.15. The average Bonchev–Trinajstić information content (AvgIpc) is 2.54. The molecule has 13 heavy (non-hydrogen) atoms. The Bertz CT molecular complexity index is 260. The quantitative estimate of drug-likeness (QED) is 0.825. The van der Waals surface area contributed by atoms with Gasteiger partial charge in [-0.3, -0.25) is 0 Å². The zero-order valence-corrected chi connectivity index (χ0v) is 10.3. The molecule has 0 saturated carbocycles. The number of rotatable bonds is 1. The Morgan fingerprint density at radius 1 is 1.46 bits per heavy atom. The normalized spacial score (nSPS) is 22.4. The van der Waals surface area contributed by atoms with Crippen molar-refractivity contribution in [3.05, 3.63) is 20.8 Å². The van der Waals surface area contributed by atoms with Crippen LogP contribution < -0.4 is 10.6 Å². The topological polar surface area (TPSA) is 24.1 Å². The van der Waals surface area contributed by atoms with Gasteiger partial charge in [-0.05, 0) is 22.0 Å². The minimum absolute atomic E-state index is 0. The number of halogens is 2. The van der Waals surface area contributed by atoms with Crippen LogP contribution in [0, 0.1) is 0 Å². The standard InChI is InChI=1S/C8H11BrN2S.ClH/c9-6-3-8(12-5-6)7-4-10-1-2-11-7;/h3,5,7,10-11H,1-2,4H2;1H/t7-;/m1./s1. The lowest BCUT2D eigenvalue weighted by molar-refractivity contribution is 0.435. The molecule has 1 saturated heterocycles. The second-order valence-electron chi connectivity index (χ2n) is 2.88. The summed E-state index contributed by atoms with van der Waals surface area (Å²) in [6, 6.07) is 2.70. The van der Waals surface area contributed by atoms with Crippen molar-refractivity contribution in [2.75, 3.05) is 19.6 Å². The fourth-order valence-electron chi connectivity index (χ4n) is 1.37. The lowest BCUT2D eigenvalue weighted by Gasteiger charge is -2.23. The third kappa shape index (κ3) is 2.92. The van der Waals surface area contributed by atoms with Gasteiger partial charge in [-0.15, -0.1) is 23.7 Å². The Balaban J connectivity index is 0.000000845. The van der Waals surface area contributed by atoms with Crippen LogP contribution in [0.5, 0.6) is 0 Å². The Morgan fingerprint density at radius 3 is 2.85 bits per heavy atom. The van der Waals surface area contributed by atoms with Crippen molar-refractivity contribution in [3.8, 4) is 0 Å². The van der Waals surface area contributed by atoms with Crippen molar-refractivity contribution in [1.82, 2.24) is 10.6 Å². The van der Waals surface area contributed by atoms with E-state index in [0.717, 1.165) is 19.6 Å². The lowest BCUT2D eigenvalue weighted by Crippen LogP contribution is -2.42. The molecule has 0 radical (unpaired) electrons. The average molecular weight is 284 g/mol. The lowest BCUT2D eigenvalue weighted by atomic mass is 10.2. The van der Waals surface area contributed by atoms with Gasteiger partial charge >= 0.3 is 0 Å². The maximum Gasteiger partial charge on any atom is 0.0542 e. The molecule has 1 aromatic heterocycles. The largest absolute Gasteiger partial charge is 0.314 e. The van der Waals surface area contributed by atoms with Crippen LogP contribution in [0.2, 0.25) is 0 Å². The monoisotopic (exact) mass is 282 g/mol. The summed E-state index contributed by atoms with van der Waals surface area (Å²) < 4.78 is 1.19. The molecule has 1 aliphatic heterocycles. The van der Waals surface area contributed by atoms with Crippen LogP contribution in [0.4, 0.5) is 0 Å². The molecule has 0 bridgehead atoms. The van der Waals surface area contributed by atoms with E-state index in [-0.39, 0.29) is 12.4 Å². The van der Waals surface area contributed by atoms with E-state index < -0.39 is 0 Å². The summed E-state index contributed by atoms with van der Waals surface area (Å²) in [4.78, 5) is 1.41. The number of piperazine rings is 1. The molecule has 1 aliphatic rings. The molecule has 2 nitrogen and oxygen atoms in total. The number of nitrogens with one attached hydrogen (secondary N) is 2. The summed E-state index contributed by atoms with van der Waals surface area (Å²) in [5, 5.41) is 8.98. The van der Waals surface area contributed by atoms with Gasteiger partial charge in [-0.2, -0.15) is 0 Å². The number of hydrogen-bond donors (Lipinski definition) is 2. The van der Waals surface area contributed by atoms with Crippen molar-refractivity contribution in [3.63, 3.8) is 0 Å². The summed E-state index contributed by atoms with van der Waals surface area (Å²) in [5.74, 6) is 0. The Morgan fingerprint density at radius 2 is 2.31 bits per heavy atom. The highest BCUT2D eigenvalue weighted by atomic mass is 79.9. The molecule has 0 spiro atoms. The van der Waals surface area contributed by atoms with E-state index in [1.165, 1.54) is 9.35 Å². The first-order valence-electron chi connectivity index (χ1n) is 4.04. The van der Waals surface area contributed by atoms with Gasteiger partial charge in [0.05, 0.1) is 6.04 Å². The van der Waals surface area contributed by atoms with Crippen LogP contribution in [-0.4, -0.2) is 19.6 Å². The van der Waals surface area contributed by atoms with E-state index in [4.69, 9.17) is 0 Å². The van der Waals surface area contributed by atoms with Crippen LogP contribution in [-0.2, 0) is 0 Å². The van der Waals surface area contributed by atoms with Gasteiger partial charge in [0.1, 0.15) is 0 Å². The molecule has 5 heteroatoms. The highest BCUT2D eigenvalue weighted by molar-refractivity contribution is 9.10. The second-order valence-corrected chi connectivity index (χ2v) is 4.74. The number of thiophene rings is 1. The SMILES string of the molecule is Brc1csc([C@H]2CNCCN2)c1.Cl. The van der Waals surface area contributed by atoms with Gasteiger partial charge in [0.25, 0.3) is 0 Å². The summed E-state index contributed by atoms with van der Waals surface area (Å²) in [5.41, 5.74) is 0. The first-order chi connectivity index (χ1) is 5.86. The molecule has 2 rings (SSSR count). The third-order valence-corrected chi connectivity index (χ3v) is 3.78. The molecule has 1 aromatic rings. The van der Waals surface area contributed by atoms with E-state index in [0.29, 0.717) is 6.04 Å². The molecular formula is C8H12BrClN2S. The van der Waals surface area contributed by atoms with Crippen molar-refractivity contribution in [2.24, 2.45) is 0 Å². The highest BCUT2D eigenvalue weighted by Crippen LogP contribution is 2.25. The molecular weight excluding hydrogens is 272 g/mol. The smallest absolute Gasteiger partial charge is 0.0542 e. The Labute approximate surface area is 96.6 Å². The van der Waals surface area contributed by atoms with Gasteiger partial charge in [-0.1, -0.05) is 0 Å². The summed E-state index contributed by atoms with van der Waals surface area (Å²) in [7, 11) is 0.